The molecule has 1 atom stereocenters. The van der Waals surface area contributed by atoms with Gasteiger partial charge < -0.3 is 14.4 Å². The van der Waals surface area contributed by atoms with Gasteiger partial charge in [-0.25, -0.2) is 4.98 Å². The number of morpholine rings is 1. The third-order valence-corrected chi connectivity index (χ3v) is 5.89. The molecule has 132 valence electrons. The first-order chi connectivity index (χ1) is 12.3. The topological polar surface area (TPSA) is 45.9 Å². The van der Waals surface area contributed by atoms with E-state index in [0.29, 0.717) is 12.0 Å². The lowest BCUT2D eigenvalue weighted by Crippen LogP contribution is -2.37. The van der Waals surface area contributed by atoms with Crippen LogP contribution in [-0.2, 0) is 4.74 Å². The number of piperidine rings is 1. The molecule has 1 aliphatic carbocycles. The van der Waals surface area contributed by atoms with Crippen molar-refractivity contribution in [2.45, 2.75) is 44.1 Å². The van der Waals surface area contributed by atoms with Gasteiger partial charge in [-0.1, -0.05) is 6.42 Å². The van der Waals surface area contributed by atoms with Crippen LogP contribution < -0.4 is 4.90 Å². The van der Waals surface area contributed by atoms with Gasteiger partial charge in [0.2, 0.25) is 0 Å². The zero-order valence-corrected chi connectivity index (χ0v) is 15.0. The van der Waals surface area contributed by atoms with Gasteiger partial charge in [-0.2, -0.15) is 9.61 Å². The Bertz CT molecular complexity index is 768. The van der Waals surface area contributed by atoms with Crippen LogP contribution in [0.4, 0.5) is 5.82 Å². The monoisotopic (exact) mass is 339 g/mol. The SMILES string of the molecule is BN1CCCC[C@H]1c1cc2nc(C3CC3)cc(N3CCOCC3)n2n1. The summed E-state index contributed by atoms with van der Waals surface area (Å²) in [5.74, 6) is 1.85. The third-order valence-electron chi connectivity index (χ3n) is 5.89. The fraction of sp³-hybridized carbons (Fsp3) is 0.667. The van der Waals surface area contributed by atoms with Crippen LogP contribution >= 0.6 is 0 Å². The van der Waals surface area contributed by atoms with Crippen molar-refractivity contribution in [1.29, 1.82) is 0 Å². The van der Waals surface area contributed by atoms with E-state index in [2.05, 4.69) is 34.3 Å². The van der Waals surface area contributed by atoms with Crippen LogP contribution in [0.5, 0.6) is 0 Å². The molecule has 3 fully saturated rings. The highest BCUT2D eigenvalue weighted by molar-refractivity contribution is 6.04. The quantitative estimate of drug-likeness (QED) is 0.794. The van der Waals surface area contributed by atoms with Crippen LogP contribution in [0, 0.1) is 0 Å². The van der Waals surface area contributed by atoms with Gasteiger partial charge in [0, 0.05) is 42.9 Å². The Labute approximate surface area is 149 Å². The number of ether oxygens (including phenoxy) is 1. The largest absolute Gasteiger partial charge is 0.378 e. The van der Waals surface area contributed by atoms with Crippen molar-refractivity contribution in [3.05, 3.63) is 23.5 Å². The molecule has 3 aliphatic rings. The number of hydrogen-bond acceptors (Lipinski definition) is 5. The van der Waals surface area contributed by atoms with Gasteiger partial charge in [0.05, 0.1) is 18.9 Å². The lowest BCUT2D eigenvalue weighted by molar-refractivity contribution is 0.122. The van der Waals surface area contributed by atoms with Gasteiger partial charge in [0.1, 0.15) is 5.82 Å². The molecular formula is C18H26BN5O. The van der Waals surface area contributed by atoms with Gasteiger partial charge in [-0.3, -0.25) is 0 Å². The van der Waals surface area contributed by atoms with Crippen molar-refractivity contribution in [2.24, 2.45) is 0 Å². The third kappa shape index (κ3) is 2.93. The normalized spacial score (nSPS) is 25.6. The Hall–Kier alpha value is -1.60. The highest BCUT2D eigenvalue weighted by Crippen LogP contribution is 2.40. The lowest BCUT2D eigenvalue weighted by Gasteiger charge is -2.31. The molecule has 2 saturated heterocycles. The number of aromatic nitrogens is 3. The average Bonchev–Trinajstić information content (AvgIpc) is 3.41. The molecule has 0 N–H and O–H groups in total. The van der Waals surface area contributed by atoms with E-state index in [1.54, 1.807) is 0 Å². The van der Waals surface area contributed by atoms with E-state index in [1.165, 1.54) is 49.3 Å². The minimum absolute atomic E-state index is 0.428. The molecule has 0 aromatic carbocycles. The summed E-state index contributed by atoms with van der Waals surface area (Å²) in [7, 11) is 2.22. The number of anilines is 1. The van der Waals surface area contributed by atoms with Crippen molar-refractivity contribution in [2.75, 3.05) is 37.7 Å². The Kier molecular flexibility index (Phi) is 3.93. The molecule has 1 saturated carbocycles. The molecule has 0 unspecified atom stereocenters. The van der Waals surface area contributed by atoms with Gasteiger partial charge in [0.25, 0.3) is 0 Å². The molecule has 0 amide bonds. The molecule has 2 aliphatic heterocycles. The second-order valence-corrected chi connectivity index (χ2v) is 7.74. The minimum atomic E-state index is 0.428. The Morgan fingerprint density at radius 2 is 1.84 bits per heavy atom. The highest BCUT2D eigenvalue weighted by atomic mass is 16.5. The van der Waals surface area contributed by atoms with Crippen LogP contribution in [0.2, 0.25) is 0 Å². The van der Waals surface area contributed by atoms with E-state index in [0.717, 1.165) is 38.5 Å². The summed E-state index contributed by atoms with van der Waals surface area (Å²) in [5, 5.41) is 5.01. The van der Waals surface area contributed by atoms with E-state index in [9.17, 15) is 0 Å². The van der Waals surface area contributed by atoms with Crippen LogP contribution in [0.15, 0.2) is 12.1 Å². The summed E-state index contributed by atoms with van der Waals surface area (Å²) in [5.41, 5.74) is 3.44. The van der Waals surface area contributed by atoms with Crippen molar-refractivity contribution in [3.63, 3.8) is 0 Å². The van der Waals surface area contributed by atoms with E-state index >= 15 is 0 Å². The Balaban J connectivity index is 1.58. The minimum Gasteiger partial charge on any atom is -0.378 e. The standard InChI is InChI=1S/C18H26BN5O/c19-23-6-2-1-3-16(23)15-11-17-20-14(13-4-5-13)12-18(24(17)21-15)22-7-9-25-10-8-22/h11-13,16H,1-10,19H2/t16-/m0/s1. The molecule has 4 heterocycles. The highest BCUT2D eigenvalue weighted by Gasteiger charge is 2.29. The maximum absolute atomic E-state index is 5.54. The molecule has 25 heavy (non-hydrogen) atoms. The van der Waals surface area contributed by atoms with Crippen LogP contribution in [0.1, 0.15) is 55.5 Å². The second kappa shape index (κ2) is 6.29. The molecule has 7 heteroatoms. The molecule has 2 aromatic heterocycles. The first-order valence-electron chi connectivity index (χ1n) is 9.73. The predicted molar refractivity (Wildman–Crippen MR) is 99.8 cm³/mol. The van der Waals surface area contributed by atoms with Crippen molar-refractivity contribution < 1.29 is 4.74 Å². The maximum Gasteiger partial charge on any atom is 0.186 e. The van der Waals surface area contributed by atoms with Crippen molar-refractivity contribution >= 4 is 19.4 Å². The number of rotatable bonds is 3. The zero-order valence-electron chi connectivity index (χ0n) is 15.0. The van der Waals surface area contributed by atoms with Crippen LogP contribution in [0.25, 0.3) is 5.65 Å². The molecule has 5 rings (SSSR count). The average molecular weight is 339 g/mol. The second-order valence-electron chi connectivity index (χ2n) is 7.74. The van der Waals surface area contributed by atoms with E-state index in [-0.39, 0.29) is 0 Å². The molecular weight excluding hydrogens is 313 g/mol. The predicted octanol–water partition coefficient (Wildman–Crippen LogP) is 1.52. The molecule has 6 nitrogen and oxygen atoms in total. The van der Waals surface area contributed by atoms with Gasteiger partial charge in [-0.15, -0.1) is 0 Å². The van der Waals surface area contributed by atoms with Crippen LogP contribution in [-0.4, -0.2) is 60.2 Å². The smallest absolute Gasteiger partial charge is 0.186 e. The van der Waals surface area contributed by atoms with Gasteiger partial charge >= 0.3 is 0 Å². The number of hydrogen-bond donors (Lipinski definition) is 0. The van der Waals surface area contributed by atoms with Crippen molar-refractivity contribution in [3.8, 4) is 0 Å². The molecule has 0 spiro atoms. The van der Waals surface area contributed by atoms with E-state index < -0.39 is 0 Å². The summed E-state index contributed by atoms with van der Waals surface area (Å²) in [6.07, 6.45) is 6.34. The van der Waals surface area contributed by atoms with Gasteiger partial charge in [0.15, 0.2) is 13.6 Å². The molecule has 0 bridgehead atoms. The summed E-state index contributed by atoms with van der Waals surface area (Å²) < 4.78 is 7.62. The first kappa shape index (κ1) is 15.6. The molecule has 2 aromatic rings. The lowest BCUT2D eigenvalue weighted by atomic mass is 9.96. The number of fused-ring (bicyclic) bond motifs is 1. The number of nitrogens with zero attached hydrogens (tertiary/aromatic N) is 5. The summed E-state index contributed by atoms with van der Waals surface area (Å²) in [6, 6.07) is 4.93. The summed E-state index contributed by atoms with van der Waals surface area (Å²) >= 11 is 0. The zero-order chi connectivity index (χ0) is 16.8. The molecule has 0 radical (unpaired) electrons. The van der Waals surface area contributed by atoms with E-state index in [4.69, 9.17) is 14.8 Å². The first-order valence-corrected chi connectivity index (χ1v) is 9.73. The maximum atomic E-state index is 5.54. The summed E-state index contributed by atoms with van der Waals surface area (Å²) in [6.45, 7) is 4.61. The fourth-order valence-corrected chi connectivity index (χ4v) is 4.21. The van der Waals surface area contributed by atoms with Gasteiger partial charge in [-0.05, 0) is 32.2 Å². The Morgan fingerprint density at radius 3 is 2.60 bits per heavy atom. The van der Waals surface area contributed by atoms with E-state index in [1.807, 2.05) is 0 Å². The van der Waals surface area contributed by atoms with Crippen molar-refractivity contribution in [1.82, 2.24) is 19.4 Å². The fourth-order valence-electron chi connectivity index (χ4n) is 4.21. The Morgan fingerprint density at radius 1 is 1.00 bits per heavy atom. The van der Waals surface area contributed by atoms with Crippen LogP contribution in [0.3, 0.4) is 0 Å². The summed E-state index contributed by atoms with van der Waals surface area (Å²) in [4.78, 5) is 9.81.